The molecule has 1 heterocycles. The predicted octanol–water partition coefficient (Wildman–Crippen LogP) is 0.897. The standard InChI is InChI=1S/C10H12N2O2/c1-6-2-3-7-8(4-6)12-10(11-7)9(14)5-13/h2-4,9,13-14H,5H2,1H3,(H,11,12). The molecule has 0 aliphatic heterocycles. The van der Waals surface area contributed by atoms with Crippen LogP contribution in [0.5, 0.6) is 0 Å². The number of hydrogen-bond acceptors (Lipinski definition) is 3. The van der Waals surface area contributed by atoms with E-state index in [2.05, 4.69) is 9.97 Å². The summed E-state index contributed by atoms with van der Waals surface area (Å²) in [5.74, 6) is 0.410. The summed E-state index contributed by atoms with van der Waals surface area (Å²) >= 11 is 0. The van der Waals surface area contributed by atoms with Crippen molar-refractivity contribution in [1.29, 1.82) is 0 Å². The normalized spacial score (nSPS) is 13.4. The lowest BCUT2D eigenvalue weighted by atomic mass is 10.2. The number of aromatic nitrogens is 2. The van der Waals surface area contributed by atoms with E-state index in [9.17, 15) is 5.11 Å². The second-order valence-corrected chi connectivity index (χ2v) is 3.34. The number of nitrogens with zero attached hydrogens (tertiary/aromatic N) is 1. The minimum atomic E-state index is -0.928. The Morgan fingerprint density at radius 3 is 3.00 bits per heavy atom. The molecule has 1 aromatic heterocycles. The van der Waals surface area contributed by atoms with Crippen LogP contribution in [0, 0.1) is 6.92 Å². The van der Waals surface area contributed by atoms with Gasteiger partial charge in [-0.25, -0.2) is 4.98 Å². The van der Waals surface area contributed by atoms with Crippen LogP contribution in [-0.2, 0) is 0 Å². The SMILES string of the molecule is Cc1ccc2nc(C(O)CO)[nH]c2c1. The zero-order chi connectivity index (χ0) is 10.1. The average molecular weight is 192 g/mol. The molecular weight excluding hydrogens is 180 g/mol. The third-order valence-corrected chi connectivity index (χ3v) is 2.14. The van der Waals surface area contributed by atoms with Gasteiger partial charge in [-0.15, -0.1) is 0 Å². The monoisotopic (exact) mass is 192 g/mol. The van der Waals surface area contributed by atoms with E-state index in [-0.39, 0.29) is 6.61 Å². The van der Waals surface area contributed by atoms with Crippen LogP contribution in [0.3, 0.4) is 0 Å². The highest BCUT2D eigenvalue weighted by Gasteiger charge is 2.10. The smallest absolute Gasteiger partial charge is 0.138 e. The van der Waals surface area contributed by atoms with Crippen LogP contribution >= 0.6 is 0 Å². The number of H-pyrrole nitrogens is 1. The zero-order valence-electron chi connectivity index (χ0n) is 7.86. The summed E-state index contributed by atoms with van der Waals surface area (Å²) in [5, 5.41) is 18.1. The van der Waals surface area contributed by atoms with Crippen LogP contribution in [0.1, 0.15) is 17.5 Å². The van der Waals surface area contributed by atoms with E-state index in [4.69, 9.17) is 5.11 Å². The molecule has 14 heavy (non-hydrogen) atoms. The van der Waals surface area contributed by atoms with Gasteiger partial charge in [-0.3, -0.25) is 0 Å². The number of aryl methyl sites for hydroxylation is 1. The van der Waals surface area contributed by atoms with E-state index in [0.717, 1.165) is 16.6 Å². The van der Waals surface area contributed by atoms with Gasteiger partial charge in [0, 0.05) is 0 Å². The number of aliphatic hydroxyl groups excluding tert-OH is 2. The minimum absolute atomic E-state index is 0.321. The van der Waals surface area contributed by atoms with Gasteiger partial charge < -0.3 is 15.2 Å². The Morgan fingerprint density at radius 1 is 1.50 bits per heavy atom. The van der Waals surface area contributed by atoms with Gasteiger partial charge in [0.25, 0.3) is 0 Å². The van der Waals surface area contributed by atoms with Crippen molar-refractivity contribution in [2.45, 2.75) is 13.0 Å². The first kappa shape index (κ1) is 9.18. The molecule has 4 heteroatoms. The zero-order valence-corrected chi connectivity index (χ0v) is 7.86. The maximum atomic E-state index is 9.36. The minimum Gasteiger partial charge on any atom is -0.393 e. The van der Waals surface area contributed by atoms with Gasteiger partial charge >= 0.3 is 0 Å². The van der Waals surface area contributed by atoms with Gasteiger partial charge in [0.1, 0.15) is 11.9 Å². The number of aromatic amines is 1. The molecule has 1 atom stereocenters. The highest BCUT2D eigenvalue weighted by atomic mass is 16.3. The van der Waals surface area contributed by atoms with E-state index in [0.29, 0.717) is 5.82 Å². The first-order chi connectivity index (χ1) is 6.70. The number of imidazole rings is 1. The van der Waals surface area contributed by atoms with E-state index < -0.39 is 6.10 Å². The summed E-state index contributed by atoms with van der Waals surface area (Å²) in [6, 6.07) is 5.79. The molecule has 0 amide bonds. The Kier molecular flexibility index (Phi) is 2.23. The molecule has 0 saturated carbocycles. The number of aliphatic hydroxyl groups is 2. The molecule has 2 rings (SSSR count). The maximum Gasteiger partial charge on any atom is 0.138 e. The molecule has 1 aromatic carbocycles. The van der Waals surface area contributed by atoms with Crippen molar-refractivity contribution in [3.8, 4) is 0 Å². The van der Waals surface area contributed by atoms with Crippen LogP contribution in [0.15, 0.2) is 18.2 Å². The molecule has 0 saturated heterocycles. The number of hydrogen-bond donors (Lipinski definition) is 3. The Hall–Kier alpha value is -1.39. The Morgan fingerprint density at radius 2 is 2.29 bits per heavy atom. The fourth-order valence-corrected chi connectivity index (χ4v) is 1.39. The summed E-state index contributed by atoms with van der Waals surface area (Å²) in [6.07, 6.45) is -0.928. The molecule has 0 bridgehead atoms. The van der Waals surface area contributed by atoms with Gasteiger partial charge in [-0.1, -0.05) is 6.07 Å². The molecule has 4 nitrogen and oxygen atoms in total. The molecular formula is C10H12N2O2. The molecule has 2 aromatic rings. The number of rotatable bonds is 2. The predicted molar refractivity (Wildman–Crippen MR) is 52.9 cm³/mol. The van der Waals surface area contributed by atoms with Gasteiger partial charge in [0.15, 0.2) is 0 Å². The quantitative estimate of drug-likeness (QED) is 0.662. The van der Waals surface area contributed by atoms with Crippen molar-refractivity contribution in [3.05, 3.63) is 29.6 Å². The molecule has 74 valence electrons. The first-order valence-electron chi connectivity index (χ1n) is 4.46. The molecule has 0 fully saturated rings. The largest absolute Gasteiger partial charge is 0.393 e. The number of benzene rings is 1. The summed E-state index contributed by atoms with van der Waals surface area (Å²) in [4.78, 5) is 7.12. The highest BCUT2D eigenvalue weighted by Crippen LogP contribution is 2.16. The summed E-state index contributed by atoms with van der Waals surface area (Å²) in [6.45, 7) is 1.67. The van der Waals surface area contributed by atoms with Crippen LogP contribution in [0.2, 0.25) is 0 Å². The summed E-state index contributed by atoms with van der Waals surface area (Å²) < 4.78 is 0. The van der Waals surface area contributed by atoms with Gasteiger partial charge in [0.2, 0.25) is 0 Å². The molecule has 0 aliphatic carbocycles. The first-order valence-corrected chi connectivity index (χ1v) is 4.46. The molecule has 0 radical (unpaired) electrons. The Bertz CT molecular complexity index is 450. The van der Waals surface area contributed by atoms with E-state index in [1.807, 2.05) is 25.1 Å². The molecule has 0 aliphatic rings. The third-order valence-electron chi connectivity index (χ3n) is 2.14. The van der Waals surface area contributed by atoms with Crippen molar-refractivity contribution in [2.75, 3.05) is 6.61 Å². The highest BCUT2D eigenvalue weighted by molar-refractivity contribution is 5.75. The second kappa shape index (κ2) is 3.40. The van der Waals surface area contributed by atoms with Crippen molar-refractivity contribution >= 4 is 11.0 Å². The van der Waals surface area contributed by atoms with Crippen LogP contribution in [0.25, 0.3) is 11.0 Å². The van der Waals surface area contributed by atoms with Crippen molar-refractivity contribution in [1.82, 2.24) is 9.97 Å². The number of fused-ring (bicyclic) bond motifs is 1. The summed E-state index contributed by atoms with van der Waals surface area (Å²) in [5.41, 5.74) is 2.82. The van der Waals surface area contributed by atoms with Gasteiger partial charge in [-0.05, 0) is 24.6 Å². The Balaban J connectivity index is 2.51. The average Bonchev–Trinajstić information content (AvgIpc) is 2.59. The van der Waals surface area contributed by atoms with Crippen LogP contribution < -0.4 is 0 Å². The van der Waals surface area contributed by atoms with E-state index >= 15 is 0 Å². The van der Waals surface area contributed by atoms with Gasteiger partial charge in [0.05, 0.1) is 17.6 Å². The van der Waals surface area contributed by atoms with E-state index in [1.54, 1.807) is 0 Å². The summed E-state index contributed by atoms with van der Waals surface area (Å²) in [7, 11) is 0. The fourth-order valence-electron chi connectivity index (χ4n) is 1.39. The lowest BCUT2D eigenvalue weighted by molar-refractivity contribution is 0.0895. The topological polar surface area (TPSA) is 69.1 Å². The van der Waals surface area contributed by atoms with Crippen molar-refractivity contribution < 1.29 is 10.2 Å². The van der Waals surface area contributed by atoms with Crippen molar-refractivity contribution in [2.24, 2.45) is 0 Å². The second-order valence-electron chi connectivity index (χ2n) is 3.34. The maximum absolute atomic E-state index is 9.36. The number of nitrogens with one attached hydrogen (secondary N) is 1. The lowest BCUT2D eigenvalue weighted by Crippen LogP contribution is -2.03. The van der Waals surface area contributed by atoms with E-state index in [1.165, 1.54) is 0 Å². The molecule has 1 unspecified atom stereocenters. The van der Waals surface area contributed by atoms with Gasteiger partial charge in [-0.2, -0.15) is 0 Å². The molecule has 3 N–H and O–H groups in total. The van der Waals surface area contributed by atoms with Crippen LogP contribution in [-0.4, -0.2) is 26.8 Å². The molecule has 0 spiro atoms. The lowest BCUT2D eigenvalue weighted by Gasteiger charge is -2.00. The fraction of sp³-hybridized carbons (Fsp3) is 0.300. The van der Waals surface area contributed by atoms with Crippen LogP contribution in [0.4, 0.5) is 0 Å². The van der Waals surface area contributed by atoms with Crippen molar-refractivity contribution in [3.63, 3.8) is 0 Å². The third kappa shape index (κ3) is 1.49. The Labute approximate surface area is 81.2 Å².